The van der Waals surface area contributed by atoms with Crippen LogP contribution in [0.5, 0.6) is 0 Å². The zero-order chi connectivity index (χ0) is 22.1. The Morgan fingerprint density at radius 2 is 1.90 bits per heavy atom. The number of esters is 1. The fourth-order valence-corrected chi connectivity index (χ4v) is 3.92. The number of methoxy groups -OCH3 is 1. The van der Waals surface area contributed by atoms with Gasteiger partial charge in [-0.15, -0.1) is 0 Å². The molecule has 0 aliphatic carbocycles. The molecule has 3 amide bonds. The van der Waals surface area contributed by atoms with Gasteiger partial charge in [0.05, 0.1) is 6.61 Å². The molecular formula is C21H25N5O5. The number of urea groups is 1. The highest BCUT2D eigenvalue weighted by Gasteiger charge is 2.54. The maximum atomic E-state index is 13.2. The molecule has 1 aromatic carbocycles. The lowest BCUT2D eigenvalue weighted by atomic mass is 10.1. The molecule has 31 heavy (non-hydrogen) atoms. The van der Waals surface area contributed by atoms with Crippen molar-refractivity contribution in [3.8, 4) is 0 Å². The minimum Gasteiger partial charge on any atom is -0.459 e. The van der Waals surface area contributed by atoms with Gasteiger partial charge in [-0.1, -0.05) is 30.3 Å². The summed E-state index contributed by atoms with van der Waals surface area (Å²) in [4.78, 5) is 49.1. The Hall–Kier alpha value is -3.40. The Balaban J connectivity index is 1.47. The summed E-state index contributed by atoms with van der Waals surface area (Å²) in [6, 6.07) is 7.92. The summed E-state index contributed by atoms with van der Waals surface area (Å²) in [7, 11) is 3.20. The van der Waals surface area contributed by atoms with E-state index in [2.05, 4.69) is 4.99 Å². The number of amides is 3. The van der Waals surface area contributed by atoms with Crippen molar-refractivity contribution >= 4 is 23.9 Å². The first-order valence-corrected chi connectivity index (χ1v) is 10.0. The minimum atomic E-state index is -0.720. The molecular weight excluding hydrogens is 402 g/mol. The van der Waals surface area contributed by atoms with E-state index >= 15 is 0 Å². The molecule has 0 saturated carbocycles. The van der Waals surface area contributed by atoms with Gasteiger partial charge in [0, 0.05) is 32.6 Å². The second kappa shape index (κ2) is 8.38. The Morgan fingerprint density at radius 3 is 2.61 bits per heavy atom. The summed E-state index contributed by atoms with van der Waals surface area (Å²) in [5.41, 5.74) is 1.75. The Bertz CT molecular complexity index is 947. The van der Waals surface area contributed by atoms with Crippen LogP contribution in [0.4, 0.5) is 4.79 Å². The third-order valence-corrected chi connectivity index (χ3v) is 5.55. The lowest BCUT2D eigenvalue weighted by Crippen LogP contribution is -2.65. The number of nitrogens with zero attached hydrogens (tertiary/aromatic N) is 5. The van der Waals surface area contributed by atoms with Crippen LogP contribution in [0.15, 0.2) is 47.2 Å². The average Bonchev–Trinajstić information content (AvgIpc) is 3.28. The lowest BCUT2D eigenvalue weighted by molar-refractivity contribution is -0.151. The number of likely N-dealkylation sites (N-methyl/N-ethyl adjacent to an activating group) is 1. The van der Waals surface area contributed by atoms with Crippen LogP contribution >= 0.6 is 0 Å². The molecule has 3 heterocycles. The van der Waals surface area contributed by atoms with Crippen molar-refractivity contribution < 1.29 is 23.9 Å². The van der Waals surface area contributed by atoms with Crippen molar-refractivity contribution in [3.05, 3.63) is 47.8 Å². The van der Waals surface area contributed by atoms with Gasteiger partial charge in [-0.25, -0.2) is 9.79 Å². The van der Waals surface area contributed by atoms with E-state index in [0.717, 1.165) is 16.2 Å². The molecule has 10 nitrogen and oxygen atoms in total. The molecule has 0 aromatic heterocycles. The van der Waals surface area contributed by atoms with E-state index in [1.807, 2.05) is 48.4 Å². The molecule has 0 spiro atoms. The van der Waals surface area contributed by atoms with Crippen LogP contribution in [-0.2, 0) is 25.7 Å². The number of carbonyl (C=O) groups is 3. The van der Waals surface area contributed by atoms with Gasteiger partial charge >= 0.3 is 12.0 Å². The molecule has 2 atom stereocenters. The Kier molecular flexibility index (Phi) is 5.64. The van der Waals surface area contributed by atoms with Gasteiger partial charge in [0.25, 0.3) is 5.91 Å². The number of hydrogen-bond acceptors (Lipinski definition) is 8. The quantitative estimate of drug-likeness (QED) is 0.595. The van der Waals surface area contributed by atoms with Gasteiger partial charge in [0.2, 0.25) is 5.96 Å². The topological polar surface area (TPSA) is 95.0 Å². The highest BCUT2D eigenvalue weighted by molar-refractivity contribution is 6.06. The number of imide groups is 1. The monoisotopic (exact) mass is 427 g/mol. The smallest absolute Gasteiger partial charge is 0.328 e. The van der Waals surface area contributed by atoms with E-state index in [0.29, 0.717) is 19.1 Å². The summed E-state index contributed by atoms with van der Waals surface area (Å²) in [5, 5.41) is 0. The van der Waals surface area contributed by atoms with Gasteiger partial charge in [-0.3, -0.25) is 14.5 Å². The number of allylic oxidation sites excluding steroid dienone is 1. The average molecular weight is 427 g/mol. The summed E-state index contributed by atoms with van der Waals surface area (Å²) in [6.45, 7) is 2.63. The molecule has 2 unspecified atom stereocenters. The third kappa shape index (κ3) is 3.74. The first-order valence-electron chi connectivity index (χ1n) is 10.0. The molecule has 164 valence electrons. The van der Waals surface area contributed by atoms with Crippen LogP contribution in [0.1, 0.15) is 12.5 Å². The number of hydrogen-bond donors (Lipinski definition) is 0. The van der Waals surface area contributed by atoms with Gasteiger partial charge in [0.15, 0.2) is 12.2 Å². The molecule has 3 aliphatic heterocycles. The number of aliphatic imine (C=N–C) groups is 1. The number of fused-ring (bicyclic) bond motifs is 3. The summed E-state index contributed by atoms with van der Waals surface area (Å²) >= 11 is 0. The standard InChI is InChI=1S/C21H25N5O5/c1-14-11-25-17-18(22-20(25)24(14)9-10-30-3)23(2)21(29)26(19(17)28)12-16(27)31-13-15-7-5-4-6-8-15/h4-8,11,17-18H,9-10,12-13H2,1-3H3. The van der Waals surface area contributed by atoms with Gasteiger partial charge in [0.1, 0.15) is 13.2 Å². The number of rotatable bonds is 7. The summed E-state index contributed by atoms with van der Waals surface area (Å²) in [6.07, 6.45) is 1.19. The number of ether oxygens (including phenoxy) is 2. The van der Waals surface area contributed by atoms with Gasteiger partial charge < -0.3 is 24.2 Å². The van der Waals surface area contributed by atoms with Crippen LogP contribution < -0.4 is 0 Å². The maximum Gasteiger partial charge on any atom is 0.328 e. The van der Waals surface area contributed by atoms with Crippen molar-refractivity contribution in [1.29, 1.82) is 0 Å². The van der Waals surface area contributed by atoms with Crippen LogP contribution in [0, 0.1) is 0 Å². The normalized spacial score (nSPS) is 22.4. The van der Waals surface area contributed by atoms with Crippen LogP contribution in [0.3, 0.4) is 0 Å². The molecule has 1 aromatic rings. The second-order valence-electron chi connectivity index (χ2n) is 7.57. The predicted octanol–water partition coefficient (Wildman–Crippen LogP) is 0.813. The van der Waals surface area contributed by atoms with E-state index in [1.54, 1.807) is 19.1 Å². The molecule has 1 fully saturated rings. The highest BCUT2D eigenvalue weighted by Crippen LogP contribution is 2.33. The SMILES string of the molecule is COCCN1C(C)=CN2C1=NC1C2C(=O)N(CC(=O)OCc2ccccc2)C(=O)N1C. The lowest BCUT2D eigenvalue weighted by Gasteiger charge is -2.39. The van der Waals surface area contributed by atoms with Crippen LogP contribution in [0.2, 0.25) is 0 Å². The zero-order valence-electron chi connectivity index (χ0n) is 17.7. The third-order valence-electron chi connectivity index (χ3n) is 5.55. The van der Waals surface area contributed by atoms with Gasteiger partial charge in [-0.2, -0.15) is 0 Å². The predicted molar refractivity (Wildman–Crippen MR) is 110 cm³/mol. The summed E-state index contributed by atoms with van der Waals surface area (Å²) < 4.78 is 10.4. The fraction of sp³-hybridized carbons (Fsp3) is 0.429. The largest absolute Gasteiger partial charge is 0.459 e. The molecule has 0 radical (unpaired) electrons. The Labute approximate surface area is 180 Å². The summed E-state index contributed by atoms with van der Waals surface area (Å²) in [5.74, 6) is -0.515. The van der Waals surface area contributed by atoms with Crippen molar-refractivity contribution in [1.82, 2.24) is 19.6 Å². The second-order valence-corrected chi connectivity index (χ2v) is 7.57. The van der Waals surface area contributed by atoms with Crippen molar-refractivity contribution in [2.24, 2.45) is 4.99 Å². The number of carbonyl (C=O) groups excluding carboxylic acids is 3. The molecule has 4 rings (SSSR count). The van der Waals surface area contributed by atoms with E-state index in [4.69, 9.17) is 9.47 Å². The first kappa shape index (κ1) is 20.9. The maximum absolute atomic E-state index is 13.2. The molecule has 1 saturated heterocycles. The minimum absolute atomic E-state index is 0.0769. The van der Waals surface area contributed by atoms with Gasteiger partial charge in [-0.05, 0) is 12.5 Å². The molecule has 0 bridgehead atoms. The van der Waals surface area contributed by atoms with Crippen molar-refractivity contribution in [3.63, 3.8) is 0 Å². The highest BCUT2D eigenvalue weighted by atomic mass is 16.5. The number of benzene rings is 1. The Morgan fingerprint density at radius 1 is 1.16 bits per heavy atom. The molecule has 10 heteroatoms. The van der Waals surface area contributed by atoms with Crippen molar-refractivity contribution in [2.45, 2.75) is 25.7 Å². The molecule has 0 N–H and O–H groups in total. The van der Waals surface area contributed by atoms with Crippen LogP contribution in [-0.4, -0.2) is 89.5 Å². The number of guanidine groups is 1. The van der Waals surface area contributed by atoms with E-state index in [-0.39, 0.29) is 6.61 Å². The van der Waals surface area contributed by atoms with Crippen LogP contribution in [0.25, 0.3) is 0 Å². The van der Waals surface area contributed by atoms with E-state index in [9.17, 15) is 14.4 Å². The molecule has 3 aliphatic rings. The van der Waals surface area contributed by atoms with E-state index in [1.165, 1.54) is 4.90 Å². The zero-order valence-corrected chi connectivity index (χ0v) is 17.7. The van der Waals surface area contributed by atoms with E-state index < -0.39 is 36.7 Å². The fourth-order valence-electron chi connectivity index (χ4n) is 3.92. The first-order chi connectivity index (χ1) is 14.9. The van der Waals surface area contributed by atoms with Crippen molar-refractivity contribution in [2.75, 3.05) is 33.9 Å².